The van der Waals surface area contributed by atoms with Crippen molar-refractivity contribution in [2.75, 3.05) is 5.75 Å². The van der Waals surface area contributed by atoms with Crippen LogP contribution in [0.4, 0.5) is 0 Å². The average molecular weight is 240 g/mol. The molecule has 16 heavy (non-hydrogen) atoms. The lowest BCUT2D eigenvalue weighted by molar-refractivity contribution is -0.148. The Morgan fingerprint density at radius 1 is 1.75 bits per heavy atom. The van der Waals surface area contributed by atoms with E-state index in [1.165, 1.54) is 16.7 Å². The third kappa shape index (κ3) is 1.45. The average Bonchev–Trinajstić information content (AvgIpc) is 2.27. The lowest BCUT2D eigenvalue weighted by atomic mass is 10.0. The summed E-state index contributed by atoms with van der Waals surface area (Å²) in [4.78, 5) is 24.0. The van der Waals surface area contributed by atoms with Crippen molar-refractivity contribution in [3.8, 4) is 0 Å². The summed E-state index contributed by atoms with van der Waals surface area (Å²) in [6.45, 7) is 3.58. The molecule has 0 aromatic rings. The summed E-state index contributed by atoms with van der Waals surface area (Å²) < 4.78 is 0. The summed E-state index contributed by atoms with van der Waals surface area (Å²) in [6, 6.07) is -0.565. The summed E-state index contributed by atoms with van der Waals surface area (Å²) >= 11 is 1.51. The van der Waals surface area contributed by atoms with E-state index in [0.29, 0.717) is 12.2 Å². The molecule has 2 aliphatic rings. The summed E-state index contributed by atoms with van der Waals surface area (Å²) in [5.41, 5.74) is 6.43. The molecule has 1 fully saturated rings. The van der Waals surface area contributed by atoms with E-state index < -0.39 is 12.0 Å². The lowest BCUT2D eigenvalue weighted by Gasteiger charge is -2.48. The van der Waals surface area contributed by atoms with E-state index >= 15 is 0 Å². The van der Waals surface area contributed by atoms with E-state index in [0.717, 1.165) is 5.57 Å². The highest BCUT2D eigenvalue weighted by atomic mass is 32.2. The first-order valence-corrected chi connectivity index (χ1v) is 5.89. The summed E-state index contributed by atoms with van der Waals surface area (Å²) in [5.74, 6) is -0.783. The Kier molecular flexibility index (Phi) is 2.77. The van der Waals surface area contributed by atoms with Crippen LogP contribution in [0.1, 0.15) is 6.42 Å². The minimum atomic E-state index is -1.07. The number of carbonyl (C=O) groups excluding carboxylic acids is 1. The third-order valence-electron chi connectivity index (χ3n) is 2.68. The number of amides is 1. The summed E-state index contributed by atoms with van der Waals surface area (Å²) in [7, 11) is 0. The third-order valence-corrected chi connectivity index (χ3v) is 4.04. The van der Waals surface area contributed by atoms with Crippen molar-refractivity contribution >= 4 is 23.6 Å². The first-order chi connectivity index (χ1) is 7.57. The molecule has 2 aliphatic heterocycles. The molecule has 0 saturated carbocycles. The van der Waals surface area contributed by atoms with E-state index in [1.54, 1.807) is 6.08 Å². The Balaban J connectivity index is 2.37. The van der Waals surface area contributed by atoms with Gasteiger partial charge in [-0.25, -0.2) is 4.79 Å². The van der Waals surface area contributed by atoms with Crippen LogP contribution in [0.5, 0.6) is 0 Å². The second-order valence-electron chi connectivity index (χ2n) is 3.69. The highest BCUT2D eigenvalue weighted by molar-refractivity contribution is 8.00. The first-order valence-electron chi connectivity index (χ1n) is 4.84. The maximum atomic E-state index is 11.5. The Labute approximate surface area is 97.0 Å². The van der Waals surface area contributed by atoms with Crippen LogP contribution in [0.25, 0.3) is 0 Å². The molecule has 86 valence electrons. The molecule has 0 spiro atoms. The summed E-state index contributed by atoms with van der Waals surface area (Å²) in [6.07, 6.45) is 2.13. The van der Waals surface area contributed by atoms with Gasteiger partial charge in [-0.15, -0.1) is 18.3 Å². The minimum Gasteiger partial charge on any atom is -0.477 e. The van der Waals surface area contributed by atoms with Crippen molar-refractivity contribution in [2.24, 2.45) is 5.73 Å². The van der Waals surface area contributed by atoms with Crippen LogP contribution < -0.4 is 5.73 Å². The van der Waals surface area contributed by atoms with E-state index in [-0.39, 0.29) is 17.0 Å². The molecule has 2 unspecified atom stereocenters. The zero-order valence-corrected chi connectivity index (χ0v) is 9.37. The molecule has 5 nitrogen and oxygen atoms in total. The Morgan fingerprint density at radius 3 is 3.00 bits per heavy atom. The topological polar surface area (TPSA) is 83.6 Å². The predicted octanol–water partition coefficient (Wildman–Crippen LogP) is 0.144. The maximum absolute atomic E-state index is 11.5. The highest BCUT2D eigenvalue weighted by Gasteiger charge is 2.51. The molecule has 6 heteroatoms. The molecule has 1 amide bonds. The molecule has 2 atom stereocenters. The zero-order chi connectivity index (χ0) is 11.9. The Morgan fingerprint density at radius 2 is 2.44 bits per heavy atom. The molecule has 1 saturated heterocycles. The van der Waals surface area contributed by atoms with Crippen molar-refractivity contribution in [1.82, 2.24) is 4.90 Å². The molecule has 0 aromatic heterocycles. The number of carboxylic acid groups (broad SMARTS) is 1. The number of aliphatic carboxylic acids is 1. The van der Waals surface area contributed by atoms with Gasteiger partial charge in [0.15, 0.2) is 0 Å². The number of thioether (sulfide) groups is 1. The molecule has 0 aromatic carbocycles. The van der Waals surface area contributed by atoms with Gasteiger partial charge in [-0.1, -0.05) is 6.08 Å². The highest BCUT2D eigenvalue weighted by Crippen LogP contribution is 2.40. The van der Waals surface area contributed by atoms with Gasteiger partial charge in [0.1, 0.15) is 17.1 Å². The number of nitrogens with zero attached hydrogens (tertiary/aromatic N) is 1. The lowest BCUT2D eigenvalue weighted by Crippen LogP contribution is -2.68. The number of carboxylic acids is 1. The molecule has 0 radical (unpaired) electrons. The standard InChI is InChI=1S/C10H12N2O3S/c1-2-3-5-4-16-9-6(11)8(13)12(9)7(5)10(14)15/h2,6,9H,1,3-4,11H2,(H,14,15). The number of hydrogen-bond acceptors (Lipinski definition) is 4. The van der Waals surface area contributed by atoms with Crippen molar-refractivity contribution < 1.29 is 14.7 Å². The molecule has 2 rings (SSSR count). The van der Waals surface area contributed by atoms with Gasteiger partial charge < -0.3 is 10.8 Å². The number of allylic oxidation sites excluding steroid dienone is 1. The maximum Gasteiger partial charge on any atom is 0.352 e. The fourth-order valence-electron chi connectivity index (χ4n) is 1.91. The van der Waals surface area contributed by atoms with Gasteiger partial charge in [-0.2, -0.15) is 0 Å². The largest absolute Gasteiger partial charge is 0.477 e. The number of fused-ring (bicyclic) bond motifs is 1. The minimum absolute atomic E-state index is 0.0929. The number of carbonyl (C=O) groups is 2. The molecular weight excluding hydrogens is 228 g/mol. The van der Waals surface area contributed by atoms with E-state index in [4.69, 9.17) is 10.8 Å². The smallest absolute Gasteiger partial charge is 0.352 e. The molecule has 2 heterocycles. The van der Waals surface area contributed by atoms with Crippen LogP contribution in [0.15, 0.2) is 23.9 Å². The quantitative estimate of drug-likeness (QED) is 0.541. The van der Waals surface area contributed by atoms with Crippen LogP contribution in [0.2, 0.25) is 0 Å². The second kappa shape index (κ2) is 3.95. The van der Waals surface area contributed by atoms with Crippen LogP contribution in [-0.2, 0) is 9.59 Å². The van der Waals surface area contributed by atoms with E-state index in [2.05, 4.69) is 6.58 Å². The van der Waals surface area contributed by atoms with E-state index in [9.17, 15) is 9.59 Å². The Hall–Kier alpha value is -1.27. The SMILES string of the molecule is C=CCC1=C(C(=O)O)N2C(=O)C(N)C2SC1. The first kappa shape index (κ1) is 11.2. The van der Waals surface area contributed by atoms with Gasteiger partial charge >= 0.3 is 5.97 Å². The van der Waals surface area contributed by atoms with Crippen molar-refractivity contribution in [3.05, 3.63) is 23.9 Å². The van der Waals surface area contributed by atoms with Gasteiger partial charge in [0, 0.05) is 5.75 Å². The zero-order valence-electron chi connectivity index (χ0n) is 8.55. The fraction of sp³-hybridized carbons (Fsp3) is 0.400. The monoisotopic (exact) mass is 240 g/mol. The Bertz CT molecular complexity index is 405. The van der Waals surface area contributed by atoms with Gasteiger partial charge in [-0.3, -0.25) is 9.69 Å². The molecule has 0 aliphatic carbocycles. The van der Waals surface area contributed by atoms with Gasteiger partial charge in [-0.05, 0) is 12.0 Å². The molecule has 3 N–H and O–H groups in total. The summed E-state index contributed by atoms with van der Waals surface area (Å²) in [5, 5.41) is 8.91. The van der Waals surface area contributed by atoms with Crippen molar-refractivity contribution in [1.29, 1.82) is 0 Å². The van der Waals surface area contributed by atoms with Crippen molar-refractivity contribution in [2.45, 2.75) is 17.8 Å². The van der Waals surface area contributed by atoms with Crippen molar-refractivity contribution in [3.63, 3.8) is 0 Å². The van der Waals surface area contributed by atoms with Gasteiger partial charge in [0.25, 0.3) is 0 Å². The van der Waals surface area contributed by atoms with Crippen LogP contribution >= 0.6 is 11.8 Å². The fourth-order valence-corrected chi connectivity index (χ4v) is 3.22. The number of β-lactam (4-membered cyclic amide) rings is 1. The van der Waals surface area contributed by atoms with Gasteiger partial charge in [0.2, 0.25) is 5.91 Å². The normalized spacial score (nSPS) is 28.6. The predicted molar refractivity (Wildman–Crippen MR) is 60.5 cm³/mol. The van der Waals surface area contributed by atoms with Gasteiger partial charge in [0.05, 0.1) is 0 Å². The number of hydrogen-bond donors (Lipinski definition) is 2. The number of rotatable bonds is 3. The second-order valence-corrected chi connectivity index (χ2v) is 4.79. The molecular formula is C10H12N2O3S. The van der Waals surface area contributed by atoms with Crippen LogP contribution in [0, 0.1) is 0 Å². The van der Waals surface area contributed by atoms with Crippen LogP contribution in [0.3, 0.4) is 0 Å². The molecule has 0 bridgehead atoms. The number of nitrogens with two attached hydrogens (primary N) is 1. The van der Waals surface area contributed by atoms with Crippen LogP contribution in [-0.4, -0.2) is 39.1 Å². The van der Waals surface area contributed by atoms with E-state index in [1.807, 2.05) is 0 Å².